The van der Waals surface area contributed by atoms with Crippen LogP contribution in [0.25, 0.3) is 0 Å². The third-order valence-electron chi connectivity index (χ3n) is 4.48. The first-order chi connectivity index (χ1) is 11.3. The van der Waals surface area contributed by atoms with Gasteiger partial charge in [0, 0.05) is 43.1 Å². The number of nitrogens with zero attached hydrogens (tertiary/aromatic N) is 4. The highest BCUT2D eigenvalue weighted by Crippen LogP contribution is 2.38. The van der Waals surface area contributed by atoms with E-state index in [1.54, 1.807) is 18.6 Å². The van der Waals surface area contributed by atoms with Crippen molar-refractivity contribution in [3.63, 3.8) is 0 Å². The van der Waals surface area contributed by atoms with E-state index in [9.17, 15) is 4.79 Å². The Labute approximate surface area is 134 Å². The Balaban J connectivity index is 1.38. The molecule has 7 heteroatoms. The zero-order valence-corrected chi connectivity index (χ0v) is 12.9. The molecule has 2 N–H and O–H groups in total. The summed E-state index contributed by atoms with van der Waals surface area (Å²) in [5.41, 5.74) is 1.57. The fraction of sp³-hybridized carbons (Fsp3) is 0.500. The average Bonchev–Trinajstić information content (AvgIpc) is 3.33. The number of carbonyl (C=O) groups excluding carboxylic acids is 1. The van der Waals surface area contributed by atoms with Gasteiger partial charge < -0.3 is 10.2 Å². The number of hydrogen-bond acceptors (Lipinski definition) is 5. The van der Waals surface area contributed by atoms with Gasteiger partial charge in [0.05, 0.1) is 6.20 Å². The van der Waals surface area contributed by atoms with Gasteiger partial charge in [-0.3, -0.25) is 14.9 Å². The highest BCUT2D eigenvalue weighted by atomic mass is 16.2. The molecule has 3 heterocycles. The van der Waals surface area contributed by atoms with Crippen molar-refractivity contribution in [2.75, 3.05) is 18.0 Å². The highest BCUT2D eigenvalue weighted by molar-refractivity contribution is 5.92. The number of rotatable bonds is 4. The van der Waals surface area contributed by atoms with Crippen LogP contribution < -0.4 is 10.2 Å². The van der Waals surface area contributed by atoms with Crippen LogP contribution in [-0.4, -0.2) is 45.2 Å². The summed E-state index contributed by atoms with van der Waals surface area (Å²) in [6, 6.07) is 2.00. The van der Waals surface area contributed by atoms with Crippen molar-refractivity contribution in [1.29, 1.82) is 0 Å². The third-order valence-corrected chi connectivity index (χ3v) is 4.48. The summed E-state index contributed by atoms with van der Waals surface area (Å²) in [5, 5.41) is 10.2. The summed E-state index contributed by atoms with van der Waals surface area (Å²) in [7, 11) is 0. The summed E-state index contributed by atoms with van der Waals surface area (Å²) in [6.45, 7) is 1.70. The quantitative estimate of drug-likeness (QED) is 0.893. The smallest absolute Gasteiger partial charge is 0.272 e. The number of nitrogens with one attached hydrogen (secondary N) is 2. The van der Waals surface area contributed by atoms with Crippen molar-refractivity contribution in [1.82, 2.24) is 25.5 Å². The molecule has 0 spiro atoms. The van der Waals surface area contributed by atoms with Gasteiger partial charge in [0.2, 0.25) is 0 Å². The van der Waals surface area contributed by atoms with Crippen LogP contribution in [-0.2, 0) is 0 Å². The standard InChI is InChI=1S/C16H20N6O/c23-16(14-8-13(20-21-14)11-3-4-11)19-12-2-1-7-22(10-12)15-9-17-5-6-18-15/h5-6,8-9,11-12H,1-4,7,10H2,(H,19,23)(H,20,21)/t12-/m1/s1. The maximum atomic E-state index is 12.4. The van der Waals surface area contributed by atoms with E-state index in [1.165, 1.54) is 12.8 Å². The van der Waals surface area contributed by atoms with Crippen LogP contribution in [0, 0.1) is 0 Å². The molecule has 1 atom stereocenters. The lowest BCUT2D eigenvalue weighted by Gasteiger charge is -2.33. The van der Waals surface area contributed by atoms with Gasteiger partial charge in [-0.05, 0) is 31.7 Å². The van der Waals surface area contributed by atoms with Crippen LogP contribution >= 0.6 is 0 Å². The maximum Gasteiger partial charge on any atom is 0.272 e. The van der Waals surface area contributed by atoms with E-state index in [2.05, 4.69) is 30.4 Å². The largest absolute Gasteiger partial charge is 0.353 e. The number of hydrogen-bond donors (Lipinski definition) is 2. The normalized spacial score (nSPS) is 21.2. The first-order valence-corrected chi connectivity index (χ1v) is 8.17. The zero-order chi connectivity index (χ0) is 15.6. The third kappa shape index (κ3) is 3.18. The molecule has 2 fully saturated rings. The van der Waals surface area contributed by atoms with Crippen LogP contribution in [0.2, 0.25) is 0 Å². The number of H-pyrrole nitrogens is 1. The van der Waals surface area contributed by atoms with Gasteiger partial charge in [-0.1, -0.05) is 0 Å². The Bertz CT molecular complexity index is 681. The van der Waals surface area contributed by atoms with Crippen LogP contribution in [0.3, 0.4) is 0 Å². The van der Waals surface area contributed by atoms with E-state index in [1.807, 2.05) is 6.07 Å². The van der Waals surface area contributed by atoms with E-state index < -0.39 is 0 Å². The topological polar surface area (TPSA) is 86.8 Å². The van der Waals surface area contributed by atoms with E-state index in [-0.39, 0.29) is 11.9 Å². The van der Waals surface area contributed by atoms with Crippen LogP contribution in [0.5, 0.6) is 0 Å². The van der Waals surface area contributed by atoms with E-state index in [4.69, 9.17) is 0 Å². The van der Waals surface area contributed by atoms with Crippen LogP contribution in [0.4, 0.5) is 5.82 Å². The minimum Gasteiger partial charge on any atom is -0.353 e. The predicted octanol–water partition coefficient (Wildman–Crippen LogP) is 1.48. The molecule has 1 saturated carbocycles. The molecular formula is C16H20N6O. The number of amides is 1. The van der Waals surface area contributed by atoms with Crippen molar-refractivity contribution in [2.24, 2.45) is 0 Å². The molecule has 120 valence electrons. The zero-order valence-electron chi connectivity index (χ0n) is 12.9. The van der Waals surface area contributed by atoms with Gasteiger partial charge >= 0.3 is 0 Å². The van der Waals surface area contributed by atoms with Crippen molar-refractivity contribution in [3.05, 3.63) is 36.0 Å². The first-order valence-electron chi connectivity index (χ1n) is 8.17. The minimum absolute atomic E-state index is 0.0980. The van der Waals surface area contributed by atoms with Gasteiger partial charge in [0.1, 0.15) is 11.5 Å². The lowest BCUT2D eigenvalue weighted by molar-refractivity contribution is 0.0928. The van der Waals surface area contributed by atoms with Crippen molar-refractivity contribution >= 4 is 11.7 Å². The molecular weight excluding hydrogens is 292 g/mol. The van der Waals surface area contributed by atoms with Crippen molar-refractivity contribution < 1.29 is 4.79 Å². The molecule has 23 heavy (non-hydrogen) atoms. The monoisotopic (exact) mass is 312 g/mol. The number of carbonyl (C=O) groups is 1. The summed E-state index contributed by atoms with van der Waals surface area (Å²) >= 11 is 0. The fourth-order valence-electron chi connectivity index (χ4n) is 3.07. The Kier molecular flexibility index (Phi) is 3.69. The van der Waals surface area contributed by atoms with Gasteiger partial charge in [-0.25, -0.2) is 4.98 Å². The van der Waals surface area contributed by atoms with Gasteiger partial charge in [-0.15, -0.1) is 0 Å². The maximum absolute atomic E-state index is 12.4. The molecule has 0 radical (unpaired) electrons. The molecule has 1 aliphatic carbocycles. The Hall–Kier alpha value is -2.44. The highest BCUT2D eigenvalue weighted by Gasteiger charge is 2.28. The summed E-state index contributed by atoms with van der Waals surface area (Å²) in [6.07, 6.45) is 9.51. The number of piperidine rings is 1. The molecule has 1 saturated heterocycles. The molecule has 0 bridgehead atoms. The molecule has 0 aromatic carbocycles. The van der Waals surface area contributed by atoms with Gasteiger partial charge in [0.15, 0.2) is 0 Å². The average molecular weight is 312 g/mol. The van der Waals surface area contributed by atoms with E-state index in [0.717, 1.165) is 37.4 Å². The molecule has 1 aliphatic heterocycles. The molecule has 0 unspecified atom stereocenters. The summed E-state index contributed by atoms with van der Waals surface area (Å²) in [4.78, 5) is 23.0. The molecule has 4 rings (SSSR count). The minimum atomic E-state index is -0.0980. The first kappa shape index (κ1) is 14.2. The number of aromatic amines is 1. The lowest BCUT2D eigenvalue weighted by atomic mass is 10.1. The fourth-order valence-corrected chi connectivity index (χ4v) is 3.07. The SMILES string of the molecule is O=C(N[C@@H]1CCCN(c2cnccn2)C1)c1cc(C2CC2)[nH]n1. The van der Waals surface area contributed by atoms with Crippen molar-refractivity contribution in [2.45, 2.75) is 37.6 Å². The van der Waals surface area contributed by atoms with E-state index >= 15 is 0 Å². The number of aromatic nitrogens is 4. The van der Waals surface area contributed by atoms with Gasteiger partial charge in [0.25, 0.3) is 5.91 Å². The summed E-state index contributed by atoms with van der Waals surface area (Å²) in [5.74, 6) is 1.34. The molecule has 2 aliphatic rings. The molecule has 2 aromatic heterocycles. The Morgan fingerprint density at radius 1 is 1.30 bits per heavy atom. The molecule has 2 aromatic rings. The van der Waals surface area contributed by atoms with Crippen LogP contribution in [0.15, 0.2) is 24.7 Å². The Morgan fingerprint density at radius 3 is 3.00 bits per heavy atom. The van der Waals surface area contributed by atoms with Crippen LogP contribution in [0.1, 0.15) is 47.8 Å². The number of anilines is 1. The Morgan fingerprint density at radius 2 is 2.22 bits per heavy atom. The van der Waals surface area contributed by atoms with Crippen molar-refractivity contribution in [3.8, 4) is 0 Å². The predicted molar refractivity (Wildman–Crippen MR) is 85.3 cm³/mol. The lowest BCUT2D eigenvalue weighted by Crippen LogP contribution is -2.48. The summed E-state index contributed by atoms with van der Waals surface area (Å²) < 4.78 is 0. The second kappa shape index (κ2) is 5.98. The van der Waals surface area contributed by atoms with Gasteiger partial charge in [-0.2, -0.15) is 5.10 Å². The second-order valence-electron chi connectivity index (χ2n) is 6.31. The molecule has 1 amide bonds. The molecule has 7 nitrogen and oxygen atoms in total. The van der Waals surface area contributed by atoms with E-state index in [0.29, 0.717) is 11.6 Å². The second-order valence-corrected chi connectivity index (χ2v) is 6.31.